The van der Waals surface area contributed by atoms with E-state index in [0.717, 1.165) is 4.90 Å². The minimum Gasteiger partial charge on any atom is -0.468 e. The summed E-state index contributed by atoms with van der Waals surface area (Å²) in [6.07, 6.45) is -0.144. The van der Waals surface area contributed by atoms with Gasteiger partial charge in [-0.1, -0.05) is 18.2 Å². The Morgan fingerprint density at radius 2 is 2.15 bits per heavy atom. The predicted molar refractivity (Wildman–Crippen MR) is 75.7 cm³/mol. The number of hydrogen-bond acceptors (Lipinski definition) is 5. The van der Waals surface area contributed by atoms with Crippen molar-refractivity contribution in [3.8, 4) is 0 Å². The Balaban J connectivity index is 1.92. The highest BCUT2D eigenvalue weighted by Gasteiger charge is 2.36. The van der Waals surface area contributed by atoms with E-state index in [-0.39, 0.29) is 5.97 Å². The van der Waals surface area contributed by atoms with Gasteiger partial charge in [0.25, 0.3) is 0 Å². The van der Waals surface area contributed by atoms with Crippen LogP contribution < -0.4 is 0 Å². The molecule has 1 aliphatic heterocycles. The quantitative estimate of drug-likeness (QED) is 0.797. The van der Waals surface area contributed by atoms with Crippen LogP contribution in [0.2, 0.25) is 0 Å². The van der Waals surface area contributed by atoms with Gasteiger partial charge in [0.1, 0.15) is 6.04 Å². The molecule has 0 radical (unpaired) electrons. The molecule has 0 bridgehead atoms. The van der Waals surface area contributed by atoms with Crippen molar-refractivity contribution in [3.63, 3.8) is 0 Å². The van der Waals surface area contributed by atoms with Crippen molar-refractivity contribution in [2.75, 3.05) is 26.0 Å². The highest BCUT2D eigenvalue weighted by atomic mass is 32.2. The first kappa shape index (κ1) is 15.2. The molecule has 1 aromatic carbocycles. The van der Waals surface area contributed by atoms with E-state index in [2.05, 4.69) is 0 Å². The first-order chi connectivity index (χ1) is 9.61. The molecule has 5 nitrogen and oxygen atoms in total. The number of likely N-dealkylation sites (tertiary alicyclic amines) is 1. The summed E-state index contributed by atoms with van der Waals surface area (Å²) in [6, 6.07) is 8.81. The maximum absolute atomic E-state index is 12.1. The van der Waals surface area contributed by atoms with E-state index in [9.17, 15) is 14.1 Å². The van der Waals surface area contributed by atoms with Crippen LogP contribution in [0.25, 0.3) is 0 Å². The number of ether oxygens (including phenoxy) is 1. The third kappa shape index (κ3) is 3.65. The SMILES string of the molecule is COC(=O)[C@@H]1C[C@@H](O)CN1CCS(=O)c1ccccc1. The number of nitrogens with zero attached hydrogens (tertiary/aromatic N) is 1. The highest BCUT2D eigenvalue weighted by Crippen LogP contribution is 2.19. The van der Waals surface area contributed by atoms with Gasteiger partial charge in [-0.15, -0.1) is 0 Å². The lowest BCUT2D eigenvalue weighted by Crippen LogP contribution is -2.39. The molecule has 1 N–H and O–H groups in total. The van der Waals surface area contributed by atoms with Gasteiger partial charge in [0.15, 0.2) is 0 Å². The molecule has 0 aromatic heterocycles. The molecule has 110 valence electrons. The van der Waals surface area contributed by atoms with E-state index in [1.807, 2.05) is 35.2 Å². The monoisotopic (exact) mass is 297 g/mol. The third-order valence-electron chi connectivity index (χ3n) is 3.42. The molecular weight excluding hydrogens is 278 g/mol. The number of aliphatic hydroxyl groups excluding tert-OH is 1. The Labute approximate surface area is 121 Å². The standard InChI is InChI=1S/C14H19NO4S/c1-19-14(17)13-9-11(16)10-15(13)7-8-20(18)12-5-3-2-4-6-12/h2-6,11,13,16H,7-10H2,1H3/t11-,13+,20?/m1/s1. The lowest BCUT2D eigenvalue weighted by Gasteiger charge is -2.21. The molecule has 1 fully saturated rings. The average molecular weight is 297 g/mol. The highest BCUT2D eigenvalue weighted by molar-refractivity contribution is 7.85. The minimum atomic E-state index is -1.10. The second-order valence-electron chi connectivity index (χ2n) is 4.79. The molecule has 3 atom stereocenters. The fraction of sp³-hybridized carbons (Fsp3) is 0.500. The molecule has 1 aromatic rings. The van der Waals surface area contributed by atoms with Crippen LogP contribution in [0, 0.1) is 0 Å². The molecule has 1 aliphatic rings. The fourth-order valence-corrected chi connectivity index (χ4v) is 3.49. The van der Waals surface area contributed by atoms with Crippen LogP contribution in [0.3, 0.4) is 0 Å². The number of hydrogen-bond donors (Lipinski definition) is 1. The number of carbonyl (C=O) groups is 1. The second kappa shape index (κ2) is 6.97. The molecule has 0 aliphatic carbocycles. The summed E-state index contributed by atoms with van der Waals surface area (Å²) in [6.45, 7) is 0.921. The summed E-state index contributed by atoms with van der Waals surface area (Å²) in [5, 5.41) is 9.67. The zero-order valence-electron chi connectivity index (χ0n) is 11.4. The summed E-state index contributed by atoms with van der Waals surface area (Å²) in [5.41, 5.74) is 0. The van der Waals surface area contributed by atoms with Crippen molar-refractivity contribution in [1.82, 2.24) is 4.90 Å². The smallest absolute Gasteiger partial charge is 0.323 e. The van der Waals surface area contributed by atoms with Gasteiger partial charge in [-0.25, -0.2) is 0 Å². The van der Waals surface area contributed by atoms with E-state index in [0.29, 0.717) is 25.3 Å². The second-order valence-corrected chi connectivity index (χ2v) is 6.36. The van der Waals surface area contributed by atoms with Crippen LogP contribution in [0.15, 0.2) is 35.2 Å². The minimum absolute atomic E-state index is 0.341. The van der Waals surface area contributed by atoms with Crippen LogP contribution in [-0.4, -0.2) is 58.3 Å². The molecule has 1 heterocycles. The zero-order chi connectivity index (χ0) is 14.5. The van der Waals surface area contributed by atoms with E-state index in [4.69, 9.17) is 4.74 Å². The molecule has 6 heteroatoms. The normalized spacial score (nSPS) is 24.5. The van der Waals surface area contributed by atoms with Gasteiger partial charge in [0.05, 0.1) is 24.0 Å². The molecule has 1 unspecified atom stereocenters. The molecular formula is C14H19NO4S. The fourth-order valence-electron chi connectivity index (χ4n) is 2.40. The van der Waals surface area contributed by atoms with Crippen LogP contribution in [0.5, 0.6) is 0 Å². The van der Waals surface area contributed by atoms with E-state index < -0.39 is 22.9 Å². The van der Waals surface area contributed by atoms with Crippen molar-refractivity contribution in [1.29, 1.82) is 0 Å². The van der Waals surface area contributed by atoms with Gasteiger partial charge in [-0.05, 0) is 12.1 Å². The van der Waals surface area contributed by atoms with Crippen molar-refractivity contribution in [3.05, 3.63) is 30.3 Å². The Bertz CT molecular complexity index is 479. The van der Waals surface area contributed by atoms with Gasteiger partial charge in [0.2, 0.25) is 0 Å². The van der Waals surface area contributed by atoms with E-state index in [1.165, 1.54) is 7.11 Å². The van der Waals surface area contributed by atoms with Gasteiger partial charge in [0, 0.05) is 30.2 Å². The molecule has 1 saturated heterocycles. The molecule has 0 amide bonds. The maximum Gasteiger partial charge on any atom is 0.323 e. The summed E-state index contributed by atoms with van der Waals surface area (Å²) in [7, 11) is 0.244. The summed E-state index contributed by atoms with van der Waals surface area (Å²) in [5.74, 6) is 0.0940. The zero-order valence-corrected chi connectivity index (χ0v) is 12.2. The molecule has 20 heavy (non-hydrogen) atoms. The lowest BCUT2D eigenvalue weighted by molar-refractivity contribution is -0.145. The van der Waals surface area contributed by atoms with Crippen LogP contribution in [0.1, 0.15) is 6.42 Å². The number of β-amino-alcohol motifs (C(OH)–C–C–N with tert-alkyl or cyclic N) is 1. The van der Waals surface area contributed by atoms with Crippen molar-refractivity contribution >= 4 is 16.8 Å². The predicted octanol–water partition coefficient (Wildman–Crippen LogP) is 0.402. The number of rotatable bonds is 5. The van der Waals surface area contributed by atoms with Crippen LogP contribution in [0.4, 0.5) is 0 Å². The summed E-state index contributed by atoms with van der Waals surface area (Å²) < 4.78 is 16.9. The first-order valence-corrected chi connectivity index (χ1v) is 7.87. The van der Waals surface area contributed by atoms with Gasteiger partial charge in [-0.2, -0.15) is 0 Å². The molecule has 0 spiro atoms. The van der Waals surface area contributed by atoms with E-state index in [1.54, 1.807) is 0 Å². The third-order valence-corrected chi connectivity index (χ3v) is 4.78. The maximum atomic E-state index is 12.1. The number of benzene rings is 1. The summed E-state index contributed by atoms with van der Waals surface area (Å²) >= 11 is 0. The first-order valence-electron chi connectivity index (χ1n) is 6.55. The lowest BCUT2D eigenvalue weighted by atomic mass is 10.2. The Morgan fingerprint density at radius 1 is 1.45 bits per heavy atom. The van der Waals surface area contributed by atoms with Crippen LogP contribution >= 0.6 is 0 Å². The Hall–Kier alpha value is -1.24. The summed E-state index contributed by atoms with van der Waals surface area (Å²) in [4.78, 5) is 14.3. The van der Waals surface area contributed by atoms with Gasteiger partial charge < -0.3 is 9.84 Å². The average Bonchev–Trinajstić information content (AvgIpc) is 2.86. The van der Waals surface area contributed by atoms with Crippen LogP contribution in [-0.2, 0) is 20.3 Å². The van der Waals surface area contributed by atoms with Crippen molar-refractivity contribution in [2.24, 2.45) is 0 Å². The van der Waals surface area contributed by atoms with Gasteiger partial charge >= 0.3 is 5.97 Å². The number of aliphatic hydroxyl groups is 1. The number of esters is 1. The molecule has 2 rings (SSSR count). The largest absolute Gasteiger partial charge is 0.468 e. The van der Waals surface area contributed by atoms with Crippen molar-refractivity contribution < 1.29 is 18.8 Å². The topological polar surface area (TPSA) is 66.8 Å². The molecule has 0 saturated carbocycles. The number of methoxy groups -OCH3 is 1. The number of carbonyl (C=O) groups excluding carboxylic acids is 1. The van der Waals surface area contributed by atoms with E-state index >= 15 is 0 Å². The van der Waals surface area contributed by atoms with Gasteiger partial charge in [-0.3, -0.25) is 13.9 Å². The van der Waals surface area contributed by atoms with Crippen molar-refractivity contribution in [2.45, 2.75) is 23.5 Å². The Kier molecular flexibility index (Phi) is 5.28. The Morgan fingerprint density at radius 3 is 2.80 bits per heavy atom.